The number of carbonyl (C=O) groups excluding carboxylic acids is 1. The van der Waals surface area contributed by atoms with Crippen molar-refractivity contribution < 1.29 is 9.53 Å². The molecule has 0 saturated carbocycles. The summed E-state index contributed by atoms with van der Waals surface area (Å²) < 4.78 is 5.27. The number of carbonyl (C=O) groups is 1. The van der Waals surface area contributed by atoms with E-state index in [0.29, 0.717) is 23.7 Å². The molecule has 1 unspecified atom stereocenters. The Labute approximate surface area is 151 Å². The molecule has 3 aromatic rings. The number of aromatic amines is 1. The number of benzene rings is 1. The maximum Gasteiger partial charge on any atom is 0.277 e. The van der Waals surface area contributed by atoms with E-state index in [4.69, 9.17) is 4.74 Å². The zero-order chi connectivity index (χ0) is 17.9. The number of hydrogen-bond donors (Lipinski definition) is 1. The van der Waals surface area contributed by atoms with Gasteiger partial charge in [-0.1, -0.05) is 18.2 Å². The molecule has 0 spiro atoms. The predicted molar refractivity (Wildman–Crippen MR) is 95.6 cm³/mol. The van der Waals surface area contributed by atoms with Gasteiger partial charge < -0.3 is 9.64 Å². The number of H-pyrrole nitrogens is 1. The minimum atomic E-state index is -0.122. The highest BCUT2D eigenvalue weighted by Crippen LogP contribution is 2.34. The first-order chi connectivity index (χ1) is 12.8. The topological polar surface area (TPSA) is 84.0 Å². The predicted octanol–water partition coefficient (Wildman–Crippen LogP) is 2.85. The van der Waals surface area contributed by atoms with Gasteiger partial charge in [-0.15, -0.1) is 0 Å². The number of methoxy groups -OCH3 is 1. The van der Waals surface area contributed by atoms with E-state index in [-0.39, 0.29) is 11.9 Å². The molecule has 1 amide bonds. The second kappa shape index (κ2) is 6.95. The lowest BCUT2D eigenvalue weighted by Crippen LogP contribution is -2.31. The molecule has 1 aromatic carbocycles. The number of amides is 1. The van der Waals surface area contributed by atoms with Crippen molar-refractivity contribution in [1.29, 1.82) is 0 Å². The van der Waals surface area contributed by atoms with Crippen LogP contribution in [0.15, 0.2) is 48.8 Å². The lowest BCUT2D eigenvalue weighted by atomic mass is 10.1. The van der Waals surface area contributed by atoms with Crippen molar-refractivity contribution in [3.05, 3.63) is 60.0 Å². The van der Waals surface area contributed by atoms with E-state index < -0.39 is 0 Å². The number of likely N-dealkylation sites (tertiary alicyclic amines) is 1. The summed E-state index contributed by atoms with van der Waals surface area (Å²) in [5.74, 6) is 0.584. The van der Waals surface area contributed by atoms with Crippen LogP contribution < -0.4 is 4.74 Å². The minimum absolute atomic E-state index is 0.0195. The Bertz CT molecular complexity index is 909. The molecule has 0 radical (unpaired) electrons. The van der Waals surface area contributed by atoms with E-state index in [0.717, 1.165) is 24.0 Å². The quantitative estimate of drug-likeness (QED) is 0.783. The normalized spacial score (nSPS) is 16.7. The fourth-order valence-electron chi connectivity index (χ4n) is 3.42. The Kier molecular flexibility index (Phi) is 4.35. The molecule has 0 bridgehead atoms. The lowest BCUT2D eigenvalue weighted by molar-refractivity contribution is 0.0730. The van der Waals surface area contributed by atoms with E-state index in [1.165, 1.54) is 0 Å². The summed E-state index contributed by atoms with van der Waals surface area (Å²) in [6.45, 7) is 0.697. The second-order valence-corrected chi connectivity index (χ2v) is 6.20. The summed E-state index contributed by atoms with van der Waals surface area (Å²) in [5.41, 5.74) is 2.70. The summed E-state index contributed by atoms with van der Waals surface area (Å²) in [7, 11) is 1.61. The standard InChI is InChI=1S/C19H19N5O2/c1-26-15-7-2-5-13(11-15)17-18(22-23-21-17)19(25)24-10-4-8-16(24)14-6-3-9-20-12-14/h2-3,5-7,9,11-12,16H,4,8,10H2,1H3,(H,21,22,23). The molecular formula is C19H19N5O2. The average Bonchev–Trinajstić information content (AvgIpc) is 3.38. The number of ether oxygens (including phenoxy) is 1. The van der Waals surface area contributed by atoms with Crippen molar-refractivity contribution >= 4 is 5.91 Å². The van der Waals surface area contributed by atoms with Crippen LogP contribution in [0.4, 0.5) is 0 Å². The molecule has 0 aliphatic carbocycles. The second-order valence-electron chi connectivity index (χ2n) is 6.20. The lowest BCUT2D eigenvalue weighted by Gasteiger charge is -2.24. The number of pyridine rings is 1. The van der Waals surface area contributed by atoms with Crippen molar-refractivity contribution in [2.75, 3.05) is 13.7 Å². The van der Waals surface area contributed by atoms with Gasteiger partial charge in [-0.05, 0) is 36.6 Å². The van der Waals surface area contributed by atoms with Crippen molar-refractivity contribution in [2.24, 2.45) is 0 Å². The monoisotopic (exact) mass is 349 g/mol. The largest absolute Gasteiger partial charge is 0.497 e. The van der Waals surface area contributed by atoms with Gasteiger partial charge >= 0.3 is 0 Å². The van der Waals surface area contributed by atoms with Crippen LogP contribution in [-0.4, -0.2) is 44.9 Å². The third-order valence-corrected chi connectivity index (χ3v) is 4.68. The molecule has 1 saturated heterocycles. The zero-order valence-electron chi connectivity index (χ0n) is 14.4. The van der Waals surface area contributed by atoms with Crippen molar-refractivity contribution in [3.63, 3.8) is 0 Å². The number of hydrogen-bond acceptors (Lipinski definition) is 5. The number of aromatic nitrogens is 4. The fourth-order valence-corrected chi connectivity index (χ4v) is 3.42. The van der Waals surface area contributed by atoms with Crippen molar-refractivity contribution in [1.82, 2.24) is 25.3 Å². The molecule has 4 rings (SSSR count). The zero-order valence-corrected chi connectivity index (χ0v) is 14.4. The van der Waals surface area contributed by atoms with E-state index in [1.807, 2.05) is 47.5 Å². The molecule has 1 fully saturated rings. The summed E-state index contributed by atoms with van der Waals surface area (Å²) in [4.78, 5) is 19.2. The minimum Gasteiger partial charge on any atom is -0.497 e. The van der Waals surface area contributed by atoms with Crippen LogP contribution in [-0.2, 0) is 0 Å². The third-order valence-electron chi connectivity index (χ3n) is 4.68. The number of rotatable bonds is 4. The molecule has 1 atom stereocenters. The number of nitrogens with zero attached hydrogens (tertiary/aromatic N) is 4. The Morgan fingerprint density at radius 1 is 1.27 bits per heavy atom. The van der Waals surface area contributed by atoms with Crippen molar-refractivity contribution in [2.45, 2.75) is 18.9 Å². The summed E-state index contributed by atoms with van der Waals surface area (Å²) in [6.07, 6.45) is 5.44. The van der Waals surface area contributed by atoms with Crippen LogP contribution >= 0.6 is 0 Å². The van der Waals surface area contributed by atoms with Crippen LogP contribution in [0.2, 0.25) is 0 Å². The SMILES string of the molecule is COc1cccc(-c2n[nH]nc2C(=O)N2CCCC2c2cccnc2)c1. The highest BCUT2D eigenvalue weighted by Gasteiger charge is 2.33. The van der Waals surface area contributed by atoms with E-state index in [1.54, 1.807) is 13.3 Å². The smallest absolute Gasteiger partial charge is 0.277 e. The maximum absolute atomic E-state index is 13.2. The molecule has 132 valence electrons. The van der Waals surface area contributed by atoms with Crippen LogP contribution in [0.3, 0.4) is 0 Å². The highest BCUT2D eigenvalue weighted by atomic mass is 16.5. The van der Waals surface area contributed by atoms with Gasteiger partial charge in [0.15, 0.2) is 5.69 Å². The van der Waals surface area contributed by atoms with E-state index >= 15 is 0 Å². The van der Waals surface area contributed by atoms with Crippen LogP contribution in [0.5, 0.6) is 5.75 Å². The first-order valence-electron chi connectivity index (χ1n) is 8.54. The molecular weight excluding hydrogens is 330 g/mol. The molecule has 1 aliphatic rings. The molecule has 1 aliphatic heterocycles. The van der Waals surface area contributed by atoms with Crippen LogP contribution in [0, 0.1) is 0 Å². The van der Waals surface area contributed by atoms with E-state index in [9.17, 15) is 4.79 Å². The molecule has 1 N–H and O–H groups in total. The van der Waals surface area contributed by atoms with Crippen molar-refractivity contribution in [3.8, 4) is 17.0 Å². The Balaban J connectivity index is 1.66. The first kappa shape index (κ1) is 16.3. The Morgan fingerprint density at radius 3 is 3.00 bits per heavy atom. The average molecular weight is 349 g/mol. The van der Waals surface area contributed by atoms with Crippen LogP contribution in [0.25, 0.3) is 11.3 Å². The fraction of sp³-hybridized carbons (Fsp3) is 0.263. The highest BCUT2D eigenvalue weighted by molar-refractivity contribution is 5.98. The number of nitrogens with one attached hydrogen (secondary N) is 1. The summed E-state index contributed by atoms with van der Waals surface area (Å²) in [5, 5.41) is 10.9. The van der Waals surface area contributed by atoms with Gasteiger partial charge in [0.05, 0.1) is 13.2 Å². The van der Waals surface area contributed by atoms with Gasteiger partial charge in [-0.25, -0.2) is 0 Å². The maximum atomic E-state index is 13.2. The van der Waals surface area contributed by atoms with Gasteiger partial charge in [-0.2, -0.15) is 15.4 Å². The van der Waals surface area contributed by atoms with Crippen LogP contribution in [0.1, 0.15) is 34.9 Å². The molecule has 7 nitrogen and oxygen atoms in total. The van der Waals surface area contributed by atoms with E-state index in [2.05, 4.69) is 20.4 Å². The first-order valence-corrected chi connectivity index (χ1v) is 8.54. The molecule has 26 heavy (non-hydrogen) atoms. The molecule has 7 heteroatoms. The molecule has 2 aromatic heterocycles. The van der Waals surface area contributed by atoms with Gasteiger partial charge in [-0.3, -0.25) is 9.78 Å². The Hall–Kier alpha value is -3.22. The van der Waals surface area contributed by atoms with Gasteiger partial charge in [0.25, 0.3) is 5.91 Å². The molecule has 3 heterocycles. The van der Waals surface area contributed by atoms with Gasteiger partial charge in [0, 0.05) is 24.5 Å². The summed E-state index contributed by atoms with van der Waals surface area (Å²) in [6, 6.07) is 11.4. The van der Waals surface area contributed by atoms with Gasteiger partial charge in [0.1, 0.15) is 11.4 Å². The summed E-state index contributed by atoms with van der Waals surface area (Å²) >= 11 is 0. The van der Waals surface area contributed by atoms with Gasteiger partial charge in [0.2, 0.25) is 0 Å². The third kappa shape index (κ3) is 2.92. The Morgan fingerprint density at radius 2 is 2.19 bits per heavy atom.